The van der Waals surface area contributed by atoms with Crippen LogP contribution < -0.4 is 5.32 Å². The predicted molar refractivity (Wildman–Crippen MR) is 172 cm³/mol. The highest BCUT2D eigenvalue weighted by Gasteiger charge is 2.25. The van der Waals surface area contributed by atoms with Gasteiger partial charge in [0, 0.05) is 25.6 Å². The van der Waals surface area contributed by atoms with Crippen molar-refractivity contribution in [1.29, 1.82) is 0 Å². The van der Waals surface area contributed by atoms with Crippen LogP contribution in [0, 0.1) is 11.8 Å². The number of cyclic esters (lactones) is 1. The Kier molecular flexibility index (Phi) is 21.2. The second-order valence-electron chi connectivity index (χ2n) is 12.3. The van der Waals surface area contributed by atoms with Gasteiger partial charge in [0.15, 0.2) is 6.10 Å². The van der Waals surface area contributed by atoms with Crippen LogP contribution in [-0.4, -0.2) is 71.9 Å². The number of aliphatic hydroxyl groups is 3. The van der Waals surface area contributed by atoms with Gasteiger partial charge < -0.3 is 30.1 Å². The maximum absolute atomic E-state index is 12.8. The van der Waals surface area contributed by atoms with Crippen molar-refractivity contribution in [3.63, 3.8) is 0 Å². The van der Waals surface area contributed by atoms with E-state index < -0.39 is 36.3 Å². The maximum Gasteiger partial charge on any atom is 0.334 e. The molecule has 0 bridgehead atoms. The summed E-state index contributed by atoms with van der Waals surface area (Å²) in [5.41, 5.74) is 1.52. The predicted octanol–water partition coefficient (Wildman–Crippen LogP) is 5.94. The minimum absolute atomic E-state index is 0.0964. The van der Waals surface area contributed by atoms with E-state index >= 15 is 0 Å². The van der Waals surface area contributed by atoms with Gasteiger partial charge in [0.05, 0.1) is 24.9 Å². The Morgan fingerprint density at radius 2 is 1.65 bits per heavy atom. The number of β-amino-alcohol motifs (C(OH)–C–C–N with tert-alkyl or cyclic N) is 1. The summed E-state index contributed by atoms with van der Waals surface area (Å²) in [6.07, 6.45) is 16.4. The van der Waals surface area contributed by atoms with Crippen molar-refractivity contribution >= 4 is 11.9 Å². The number of amides is 1. The summed E-state index contributed by atoms with van der Waals surface area (Å²) >= 11 is 0. The van der Waals surface area contributed by atoms with Gasteiger partial charge in [-0.05, 0) is 62.9 Å². The van der Waals surface area contributed by atoms with Crippen LogP contribution in [-0.2, 0) is 19.1 Å². The van der Waals surface area contributed by atoms with Gasteiger partial charge in [0.25, 0.3) is 5.91 Å². The first-order valence-corrected chi connectivity index (χ1v) is 16.7. The lowest BCUT2D eigenvalue weighted by Crippen LogP contribution is -2.42. The number of carbonyl (C=O) groups excluding carboxylic acids is 2. The molecule has 6 atom stereocenters. The van der Waals surface area contributed by atoms with Crippen LogP contribution in [0.3, 0.4) is 0 Å². The topological polar surface area (TPSA) is 125 Å². The quantitative estimate of drug-likeness (QED) is 0.285. The van der Waals surface area contributed by atoms with Crippen LogP contribution in [0.25, 0.3) is 0 Å². The third-order valence-electron chi connectivity index (χ3n) is 8.23. The zero-order valence-corrected chi connectivity index (χ0v) is 27.6. The molecule has 8 heteroatoms. The van der Waals surface area contributed by atoms with Crippen molar-refractivity contribution in [2.24, 2.45) is 11.8 Å². The minimum atomic E-state index is -1.15. The van der Waals surface area contributed by atoms with E-state index in [-0.39, 0.29) is 18.9 Å². The SMILES string of the molecule is CCCC1OC(=O)/C(C)=C\[C@@H](C)CCCCCCCC[C@@H](CC)/C=C/C=C(\COC)CC[C@@H](O)[C@@H](O)C[C@H](O)CNC1=O. The summed E-state index contributed by atoms with van der Waals surface area (Å²) in [4.78, 5) is 25.6. The summed E-state index contributed by atoms with van der Waals surface area (Å²) in [6.45, 7) is 8.27. The van der Waals surface area contributed by atoms with E-state index in [1.807, 2.05) is 19.1 Å². The number of hydrogen-bond acceptors (Lipinski definition) is 7. The molecule has 1 amide bonds. The molecule has 1 heterocycles. The standard InChI is InChI=1S/C35H61NO7/c1-6-15-33-34(40)36-24-30(37)23-32(39)31(38)21-20-29(25-42-5)19-14-18-28(7-2)17-13-11-9-8-10-12-16-26(3)22-27(4)35(41)43-33/h14,18-19,22,26,28,30-33,37-39H,6-13,15-17,20-21,23-25H2,1-5H3,(H,36,40)/b18-14+,27-22-,29-19-/t26-,28+,30-,31+,32-,33?/m0/s1. The van der Waals surface area contributed by atoms with Crippen molar-refractivity contribution in [2.75, 3.05) is 20.3 Å². The molecule has 0 fully saturated rings. The van der Waals surface area contributed by atoms with E-state index in [9.17, 15) is 24.9 Å². The van der Waals surface area contributed by atoms with Crippen molar-refractivity contribution in [1.82, 2.24) is 5.32 Å². The fourth-order valence-corrected chi connectivity index (χ4v) is 5.44. The molecule has 0 radical (unpaired) electrons. The Labute approximate surface area is 261 Å². The highest BCUT2D eigenvalue weighted by Crippen LogP contribution is 2.20. The van der Waals surface area contributed by atoms with Crippen LogP contribution in [0.2, 0.25) is 0 Å². The third-order valence-corrected chi connectivity index (χ3v) is 8.23. The number of hydrogen-bond donors (Lipinski definition) is 4. The summed E-state index contributed by atoms with van der Waals surface area (Å²) in [5, 5.41) is 34.1. The van der Waals surface area contributed by atoms with Crippen molar-refractivity contribution in [3.8, 4) is 0 Å². The molecule has 0 aromatic carbocycles. The molecule has 248 valence electrons. The number of carbonyl (C=O) groups is 2. The largest absolute Gasteiger partial charge is 0.449 e. The molecule has 1 aliphatic heterocycles. The smallest absolute Gasteiger partial charge is 0.334 e. The molecule has 0 saturated carbocycles. The van der Waals surface area contributed by atoms with Gasteiger partial charge in [-0.1, -0.05) is 90.0 Å². The lowest BCUT2D eigenvalue weighted by molar-refractivity contribution is -0.152. The molecule has 8 nitrogen and oxygen atoms in total. The first-order chi connectivity index (χ1) is 20.6. The highest BCUT2D eigenvalue weighted by atomic mass is 16.5. The van der Waals surface area contributed by atoms with Gasteiger partial charge in [-0.25, -0.2) is 4.79 Å². The zero-order chi connectivity index (χ0) is 32.0. The summed E-state index contributed by atoms with van der Waals surface area (Å²) in [5.74, 6) is -0.216. The average molecular weight is 608 g/mol. The fourth-order valence-electron chi connectivity index (χ4n) is 5.44. The Hall–Kier alpha value is -2.00. The number of aliphatic hydroxyl groups excluding tert-OH is 3. The Balaban J connectivity index is 2.94. The summed E-state index contributed by atoms with van der Waals surface area (Å²) in [6, 6.07) is 0. The molecule has 43 heavy (non-hydrogen) atoms. The number of ether oxygens (including phenoxy) is 2. The number of esters is 1. The second kappa shape index (κ2) is 23.4. The Morgan fingerprint density at radius 3 is 2.30 bits per heavy atom. The molecule has 1 rings (SSSR count). The number of methoxy groups -OCH3 is 1. The van der Waals surface area contributed by atoms with Gasteiger partial charge in [-0.3, -0.25) is 4.79 Å². The van der Waals surface area contributed by atoms with Crippen LogP contribution in [0.1, 0.15) is 118 Å². The van der Waals surface area contributed by atoms with Crippen LogP contribution >= 0.6 is 0 Å². The molecule has 1 unspecified atom stereocenters. The van der Waals surface area contributed by atoms with Gasteiger partial charge >= 0.3 is 5.97 Å². The Morgan fingerprint density at radius 1 is 0.977 bits per heavy atom. The van der Waals surface area contributed by atoms with Gasteiger partial charge in [0.2, 0.25) is 0 Å². The first kappa shape index (κ1) is 39.0. The summed E-state index contributed by atoms with van der Waals surface area (Å²) in [7, 11) is 1.64. The maximum atomic E-state index is 12.8. The number of nitrogens with one attached hydrogen (secondary N) is 1. The normalized spacial score (nSPS) is 32.6. The molecule has 0 aromatic rings. The van der Waals surface area contributed by atoms with Crippen molar-refractivity contribution in [2.45, 2.75) is 142 Å². The molecule has 1 aliphatic rings. The fraction of sp³-hybridized carbons (Fsp3) is 0.771. The zero-order valence-electron chi connectivity index (χ0n) is 27.6. The first-order valence-electron chi connectivity index (χ1n) is 16.7. The molecule has 0 saturated heterocycles. The molecule has 0 aliphatic carbocycles. The molecule has 0 aromatic heterocycles. The minimum Gasteiger partial charge on any atom is -0.449 e. The second-order valence-corrected chi connectivity index (χ2v) is 12.3. The lowest BCUT2D eigenvalue weighted by atomic mass is 9.96. The molecular formula is C35H61NO7. The monoisotopic (exact) mass is 607 g/mol. The van der Waals surface area contributed by atoms with Gasteiger partial charge in [-0.2, -0.15) is 0 Å². The van der Waals surface area contributed by atoms with E-state index in [0.717, 1.165) is 24.8 Å². The van der Waals surface area contributed by atoms with Crippen molar-refractivity contribution < 1.29 is 34.4 Å². The van der Waals surface area contributed by atoms with Gasteiger partial charge in [0.1, 0.15) is 0 Å². The van der Waals surface area contributed by atoms with E-state index in [2.05, 4.69) is 31.3 Å². The number of allylic oxidation sites excluding steroid dienone is 4. The molecular weight excluding hydrogens is 546 g/mol. The van der Waals surface area contributed by atoms with Crippen molar-refractivity contribution in [3.05, 3.63) is 35.5 Å². The van der Waals surface area contributed by atoms with Crippen LogP contribution in [0.5, 0.6) is 0 Å². The number of rotatable bonds is 5. The van der Waals surface area contributed by atoms with Crippen LogP contribution in [0.15, 0.2) is 35.5 Å². The van der Waals surface area contributed by atoms with Gasteiger partial charge in [-0.15, -0.1) is 0 Å². The van der Waals surface area contributed by atoms with E-state index in [0.29, 0.717) is 43.8 Å². The van der Waals surface area contributed by atoms with E-state index in [4.69, 9.17) is 9.47 Å². The van der Waals surface area contributed by atoms with E-state index in [1.165, 1.54) is 38.5 Å². The van der Waals surface area contributed by atoms with E-state index in [1.54, 1.807) is 14.0 Å². The highest BCUT2D eigenvalue weighted by molar-refractivity contribution is 5.91. The lowest BCUT2D eigenvalue weighted by Gasteiger charge is -2.22. The Bertz CT molecular complexity index is 868. The van der Waals surface area contributed by atoms with Crippen LogP contribution in [0.4, 0.5) is 0 Å². The summed E-state index contributed by atoms with van der Waals surface area (Å²) < 4.78 is 10.9. The molecule has 4 N–H and O–H groups in total. The average Bonchev–Trinajstić information content (AvgIpc) is 2.97. The third kappa shape index (κ3) is 17.8. The molecule has 0 spiro atoms.